The molecule has 1 aromatic rings. The first kappa shape index (κ1) is 8.69. The molecular formula is C10H13O3+. The molecule has 3 heteroatoms. The van der Waals surface area contributed by atoms with Crippen molar-refractivity contribution in [3.05, 3.63) is 35.9 Å². The summed E-state index contributed by atoms with van der Waals surface area (Å²) in [6.45, 7) is 0.850. The maximum absolute atomic E-state index is 9.16. The topological polar surface area (TPSA) is 42.3 Å². The van der Waals surface area contributed by atoms with Gasteiger partial charge in [-0.05, 0) is 12.1 Å². The third-order valence-electron chi connectivity index (χ3n) is 2.01. The molecule has 70 valence electrons. The van der Waals surface area contributed by atoms with Gasteiger partial charge in [-0.25, -0.2) is 0 Å². The van der Waals surface area contributed by atoms with E-state index < -0.39 is 6.10 Å². The van der Waals surface area contributed by atoms with E-state index in [2.05, 4.69) is 4.74 Å². The molecule has 0 aliphatic carbocycles. The van der Waals surface area contributed by atoms with Crippen molar-refractivity contribution >= 4 is 0 Å². The van der Waals surface area contributed by atoms with Gasteiger partial charge in [-0.15, -0.1) is 0 Å². The van der Waals surface area contributed by atoms with Crippen LogP contribution >= 0.6 is 0 Å². The minimum atomic E-state index is -0.431. The number of aliphatic hydroxyl groups is 3. The van der Waals surface area contributed by atoms with E-state index in [1.807, 2.05) is 30.3 Å². The van der Waals surface area contributed by atoms with E-state index in [4.69, 9.17) is 9.84 Å². The molecule has 1 aromatic carbocycles. The number of hydrogen-bond donors (Lipinski definition) is 1. The Labute approximate surface area is 76.9 Å². The highest BCUT2D eigenvalue weighted by Crippen LogP contribution is 2.19. The number of ether oxygens (including phenoxy) is 2. The predicted molar refractivity (Wildman–Crippen MR) is 48.2 cm³/mol. The number of aliphatic hydroxyl groups excluding tert-OH is 1. The standard InChI is InChI=1S/C10H12O3/c11-9-6-12-10(13-7-9)8-4-2-1-3-5-8/h1-5,9-11H,6-7H2/p+1/t9-,10?. The van der Waals surface area contributed by atoms with Crippen LogP contribution in [0.4, 0.5) is 0 Å². The fraction of sp³-hybridized carbons (Fsp3) is 0.400. The van der Waals surface area contributed by atoms with E-state index in [0.29, 0.717) is 13.2 Å². The Bertz CT molecular complexity index is 252. The SMILES string of the molecule is O[C@@H]1COC(c2ccccc2)[OH+]C1. The van der Waals surface area contributed by atoms with E-state index in [-0.39, 0.29) is 6.29 Å². The van der Waals surface area contributed by atoms with Crippen LogP contribution in [0.3, 0.4) is 0 Å². The fourth-order valence-corrected chi connectivity index (χ4v) is 1.34. The first-order valence-corrected chi connectivity index (χ1v) is 4.37. The Morgan fingerprint density at radius 2 is 2.08 bits per heavy atom. The number of benzene rings is 1. The highest BCUT2D eigenvalue weighted by Gasteiger charge is 2.26. The number of rotatable bonds is 1. The van der Waals surface area contributed by atoms with Gasteiger partial charge in [0, 0.05) is 0 Å². The molecule has 0 saturated carbocycles. The van der Waals surface area contributed by atoms with Crippen molar-refractivity contribution in [1.29, 1.82) is 0 Å². The second-order valence-electron chi connectivity index (χ2n) is 3.12. The second-order valence-corrected chi connectivity index (χ2v) is 3.12. The molecule has 0 bridgehead atoms. The second kappa shape index (κ2) is 3.87. The van der Waals surface area contributed by atoms with Crippen LogP contribution in [-0.4, -0.2) is 29.2 Å². The van der Waals surface area contributed by atoms with Gasteiger partial charge in [-0.2, -0.15) is 0 Å². The van der Waals surface area contributed by atoms with Crippen molar-refractivity contribution in [2.24, 2.45) is 0 Å². The zero-order valence-corrected chi connectivity index (χ0v) is 7.26. The molecular weight excluding hydrogens is 168 g/mol. The molecule has 2 rings (SSSR count). The molecule has 0 spiro atoms. The monoisotopic (exact) mass is 181 g/mol. The molecule has 1 aliphatic heterocycles. The molecule has 0 amide bonds. The molecule has 0 radical (unpaired) electrons. The minimum Gasteiger partial charge on any atom is -0.404 e. The van der Waals surface area contributed by atoms with Gasteiger partial charge in [-0.1, -0.05) is 18.2 Å². The molecule has 1 saturated heterocycles. The highest BCUT2D eigenvalue weighted by molar-refractivity contribution is 5.15. The van der Waals surface area contributed by atoms with Crippen molar-refractivity contribution in [3.8, 4) is 0 Å². The van der Waals surface area contributed by atoms with Crippen LogP contribution in [0.5, 0.6) is 0 Å². The lowest BCUT2D eigenvalue weighted by molar-refractivity contribution is -0.304. The van der Waals surface area contributed by atoms with Gasteiger partial charge < -0.3 is 14.6 Å². The fourth-order valence-electron chi connectivity index (χ4n) is 1.34. The Morgan fingerprint density at radius 1 is 1.31 bits per heavy atom. The van der Waals surface area contributed by atoms with Gasteiger partial charge in [0.05, 0.1) is 12.2 Å². The maximum atomic E-state index is 9.16. The summed E-state index contributed by atoms with van der Waals surface area (Å²) < 4.78 is 9.57. The van der Waals surface area contributed by atoms with E-state index in [1.165, 1.54) is 0 Å². The summed E-state index contributed by atoms with van der Waals surface area (Å²) in [5.74, 6) is 0. The molecule has 1 fully saturated rings. The zero-order valence-electron chi connectivity index (χ0n) is 7.26. The summed E-state index contributed by atoms with van der Waals surface area (Å²) in [6.07, 6.45) is -0.621. The largest absolute Gasteiger partial charge is 0.404 e. The van der Waals surface area contributed by atoms with Crippen LogP contribution in [0.2, 0.25) is 0 Å². The predicted octanol–water partition coefficient (Wildman–Crippen LogP) is 0.604. The molecule has 13 heavy (non-hydrogen) atoms. The number of hydrogen-bond acceptors (Lipinski definition) is 2. The van der Waals surface area contributed by atoms with Crippen LogP contribution in [0, 0.1) is 0 Å². The van der Waals surface area contributed by atoms with Crippen molar-refractivity contribution in [2.45, 2.75) is 12.4 Å². The van der Waals surface area contributed by atoms with Crippen LogP contribution in [0.25, 0.3) is 0 Å². The normalized spacial score (nSPS) is 28.7. The summed E-state index contributed by atoms with van der Waals surface area (Å²) in [7, 11) is 0. The van der Waals surface area contributed by atoms with Gasteiger partial charge in [0.1, 0.15) is 6.10 Å². The Morgan fingerprint density at radius 3 is 2.69 bits per heavy atom. The minimum absolute atomic E-state index is 0.190. The molecule has 1 aliphatic rings. The first-order chi connectivity index (χ1) is 6.36. The van der Waals surface area contributed by atoms with Crippen LogP contribution in [0.1, 0.15) is 11.9 Å². The molecule has 2 N–H and O–H groups in total. The van der Waals surface area contributed by atoms with Crippen molar-refractivity contribution in [1.82, 2.24) is 0 Å². The molecule has 3 nitrogen and oxygen atoms in total. The molecule has 1 heterocycles. The van der Waals surface area contributed by atoms with E-state index in [0.717, 1.165) is 5.56 Å². The molecule has 0 aromatic heterocycles. The van der Waals surface area contributed by atoms with Crippen LogP contribution in [0.15, 0.2) is 30.3 Å². The van der Waals surface area contributed by atoms with Crippen LogP contribution in [-0.2, 0) is 4.74 Å². The van der Waals surface area contributed by atoms with Crippen LogP contribution < -0.4 is 0 Å². The first-order valence-electron chi connectivity index (χ1n) is 4.37. The van der Waals surface area contributed by atoms with Gasteiger partial charge in [0.25, 0.3) is 6.29 Å². The average Bonchev–Trinajstić information content (AvgIpc) is 2.20. The Hall–Kier alpha value is -0.900. The summed E-state index contributed by atoms with van der Waals surface area (Å²) in [5, 5.41) is 9.16. The lowest BCUT2D eigenvalue weighted by Crippen LogP contribution is -2.33. The van der Waals surface area contributed by atoms with Gasteiger partial charge in [0.15, 0.2) is 6.61 Å². The molecule has 2 atom stereocenters. The van der Waals surface area contributed by atoms with Gasteiger partial charge in [-0.3, -0.25) is 0 Å². The Balaban J connectivity index is 2.03. The zero-order chi connectivity index (χ0) is 9.10. The third-order valence-corrected chi connectivity index (χ3v) is 2.01. The summed E-state index contributed by atoms with van der Waals surface area (Å²) in [5.41, 5.74) is 1.05. The summed E-state index contributed by atoms with van der Waals surface area (Å²) >= 11 is 0. The quantitative estimate of drug-likeness (QED) is 0.645. The summed E-state index contributed by atoms with van der Waals surface area (Å²) in [4.78, 5) is 0. The maximum Gasteiger partial charge on any atom is 0.292 e. The van der Waals surface area contributed by atoms with E-state index in [9.17, 15) is 0 Å². The molecule has 1 unspecified atom stereocenters. The van der Waals surface area contributed by atoms with Crippen molar-refractivity contribution in [2.75, 3.05) is 13.2 Å². The van der Waals surface area contributed by atoms with E-state index in [1.54, 1.807) is 0 Å². The lowest BCUT2D eigenvalue weighted by atomic mass is 10.2. The lowest BCUT2D eigenvalue weighted by Gasteiger charge is -2.22. The van der Waals surface area contributed by atoms with Crippen molar-refractivity contribution in [3.63, 3.8) is 0 Å². The van der Waals surface area contributed by atoms with Gasteiger partial charge >= 0.3 is 0 Å². The van der Waals surface area contributed by atoms with Crippen molar-refractivity contribution < 1.29 is 14.6 Å². The summed E-state index contributed by atoms with van der Waals surface area (Å²) in [6, 6.07) is 9.83. The smallest absolute Gasteiger partial charge is 0.292 e. The Kier molecular flexibility index (Phi) is 2.59. The third kappa shape index (κ3) is 2.06. The highest BCUT2D eigenvalue weighted by atomic mass is 16.7. The van der Waals surface area contributed by atoms with E-state index >= 15 is 0 Å². The van der Waals surface area contributed by atoms with Gasteiger partial charge in [0.2, 0.25) is 0 Å². The average molecular weight is 181 g/mol.